The molecule has 0 heterocycles. The molecule has 0 aliphatic heterocycles. The zero-order valence-corrected chi connectivity index (χ0v) is 10.5. The van der Waals surface area contributed by atoms with E-state index in [0.717, 1.165) is 22.1 Å². The number of halogens is 2. The van der Waals surface area contributed by atoms with Crippen molar-refractivity contribution in [2.24, 2.45) is 0 Å². The molecule has 0 aromatic heterocycles. The second-order valence-corrected chi connectivity index (χ2v) is 3.56. The highest BCUT2D eigenvalue weighted by molar-refractivity contribution is 9.10. The van der Waals surface area contributed by atoms with Gasteiger partial charge in [-0.05, 0) is 36.6 Å². The van der Waals surface area contributed by atoms with Crippen LogP contribution in [0.1, 0.15) is 18.1 Å². The molecule has 0 amide bonds. The van der Waals surface area contributed by atoms with Gasteiger partial charge in [-0.15, -0.1) is 17.0 Å². The van der Waals surface area contributed by atoms with Crippen LogP contribution >= 0.6 is 32.9 Å². The lowest BCUT2D eigenvalue weighted by Crippen LogP contribution is -1.95. The van der Waals surface area contributed by atoms with E-state index in [1.165, 1.54) is 5.56 Å². The molecule has 3 heteroatoms. The van der Waals surface area contributed by atoms with Gasteiger partial charge in [0.25, 0.3) is 0 Å². The van der Waals surface area contributed by atoms with Crippen molar-refractivity contribution in [3.05, 3.63) is 27.7 Å². The van der Waals surface area contributed by atoms with Crippen LogP contribution in [0.25, 0.3) is 0 Å². The minimum Gasteiger partial charge on any atom is -0.398 e. The first-order chi connectivity index (χ1) is 5.15. The van der Waals surface area contributed by atoms with E-state index in [1.54, 1.807) is 0 Å². The summed E-state index contributed by atoms with van der Waals surface area (Å²) in [5.41, 5.74) is 9.14. The summed E-state index contributed by atoms with van der Waals surface area (Å²) in [6, 6.07) is 4.11. The quantitative estimate of drug-likeness (QED) is 0.789. The van der Waals surface area contributed by atoms with Crippen molar-refractivity contribution in [3.63, 3.8) is 0 Å². The molecule has 1 aromatic carbocycles. The van der Waals surface area contributed by atoms with Gasteiger partial charge in [0, 0.05) is 10.2 Å². The molecule has 0 aliphatic rings. The number of nitrogen functional groups attached to an aromatic ring is 1. The third-order valence-electron chi connectivity index (χ3n) is 1.82. The van der Waals surface area contributed by atoms with Gasteiger partial charge in [0.05, 0.1) is 0 Å². The minimum atomic E-state index is 0. The Morgan fingerprint density at radius 1 is 1.42 bits per heavy atom. The van der Waals surface area contributed by atoms with Gasteiger partial charge in [0.2, 0.25) is 0 Å². The maximum absolute atomic E-state index is 5.84. The van der Waals surface area contributed by atoms with Gasteiger partial charge >= 0.3 is 0 Å². The van der Waals surface area contributed by atoms with E-state index < -0.39 is 0 Å². The Morgan fingerprint density at radius 2 is 2.00 bits per heavy atom. The Morgan fingerprint density at radius 3 is 2.50 bits per heavy atom. The van der Waals surface area contributed by atoms with Crippen molar-refractivity contribution in [1.29, 1.82) is 0 Å². The van der Waals surface area contributed by atoms with Gasteiger partial charge in [-0.1, -0.05) is 22.9 Å². The number of rotatable bonds is 1. The molecule has 2 N–H and O–H groups in total. The van der Waals surface area contributed by atoms with Gasteiger partial charge in [0.15, 0.2) is 0 Å². The Bertz CT molecular complexity index is 271. The Labute approximate surface area is 92.2 Å². The van der Waals surface area contributed by atoms with E-state index in [9.17, 15) is 0 Å². The van der Waals surface area contributed by atoms with Gasteiger partial charge in [0.1, 0.15) is 0 Å². The molecule has 1 nitrogen and oxygen atoms in total. The summed E-state index contributed by atoms with van der Waals surface area (Å²) in [6.45, 7) is 4.14. The third-order valence-corrected chi connectivity index (χ3v) is 2.28. The van der Waals surface area contributed by atoms with Crippen molar-refractivity contribution < 1.29 is 0 Å². The molecule has 1 rings (SSSR count). The molecular formula is C9H13Br2N. The third kappa shape index (κ3) is 2.49. The number of hydrogen-bond acceptors (Lipinski definition) is 1. The SMILES string of the molecule is Br.CCc1cc(Br)cc(C)c1N. The number of benzene rings is 1. The largest absolute Gasteiger partial charge is 0.398 e. The van der Waals surface area contributed by atoms with Crippen molar-refractivity contribution in [2.45, 2.75) is 20.3 Å². The molecule has 12 heavy (non-hydrogen) atoms. The standard InChI is InChI=1S/C9H12BrN.BrH/c1-3-7-5-8(10)4-6(2)9(7)11;/h4-5H,3,11H2,1-2H3;1H. The lowest BCUT2D eigenvalue weighted by Gasteiger charge is -2.06. The van der Waals surface area contributed by atoms with Crippen LogP contribution in [0.4, 0.5) is 5.69 Å². The van der Waals surface area contributed by atoms with Crippen molar-refractivity contribution in [3.8, 4) is 0 Å². The van der Waals surface area contributed by atoms with Gasteiger partial charge < -0.3 is 5.73 Å². The predicted molar refractivity (Wildman–Crippen MR) is 63.0 cm³/mol. The van der Waals surface area contributed by atoms with Crippen LogP contribution in [0.5, 0.6) is 0 Å². The van der Waals surface area contributed by atoms with Crippen molar-refractivity contribution in [2.75, 3.05) is 5.73 Å². The van der Waals surface area contributed by atoms with E-state index in [4.69, 9.17) is 5.73 Å². The fourth-order valence-corrected chi connectivity index (χ4v) is 1.74. The summed E-state index contributed by atoms with van der Waals surface area (Å²) < 4.78 is 1.11. The van der Waals surface area contributed by atoms with E-state index in [1.807, 2.05) is 13.0 Å². The lowest BCUT2D eigenvalue weighted by atomic mass is 10.1. The maximum atomic E-state index is 5.84. The Hall–Kier alpha value is -0.0200. The van der Waals surface area contributed by atoms with Gasteiger partial charge in [-0.3, -0.25) is 0 Å². The second-order valence-electron chi connectivity index (χ2n) is 2.65. The van der Waals surface area contributed by atoms with Gasteiger partial charge in [-0.25, -0.2) is 0 Å². The normalized spacial score (nSPS) is 9.25. The van der Waals surface area contributed by atoms with Crippen LogP contribution in [-0.4, -0.2) is 0 Å². The van der Waals surface area contributed by atoms with Crippen LogP contribution in [0.3, 0.4) is 0 Å². The Kier molecular flexibility index (Phi) is 4.87. The molecule has 0 aliphatic carbocycles. The molecule has 0 fully saturated rings. The summed E-state index contributed by atoms with van der Waals surface area (Å²) in [5, 5.41) is 0. The first-order valence-corrected chi connectivity index (χ1v) is 4.49. The lowest BCUT2D eigenvalue weighted by molar-refractivity contribution is 1.13. The summed E-state index contributed by atoms with van der Waals surface area (Å²) in [4.78, 5) is 0. The van der Waals surface area contributed by atoms with E-state index in [0.29, 0.717) is 0 Å². The number of hydrogen-bond donors (Lipinski definition) is 1. The summed E-state index contributed by atoms with van der Waals surface area (Å²) in [5.74, 6) is 0. The fraction of sp³-hybridized carbons (Fsp3) is 0.333. The van der Waals surface area contributed by atoms with E-state index >= 15 is 0 Å². The van der Waals surface area contributed by atoms with Gasteiger partial charge in [-0.2, -0.15) is 0 Å². The average molecular weight is 295 g/mol. The van der Waals surface area contributed by atoms with Crippen LogP contribution < -0.4 is 5.73 Å². The summed E-state index contributed by atoms with van der Waals surface area (Å²) in [7, 11) is 0. The van der Waals surface area contributed by atoms with Crippen LogP contribution in [0, 0.1) is 6.92 Å². The molecule has 1 aromatic rings. The fourth-order valence-electron chi connectivity index (χ4n) is 1.12. The predicted octanol–water partition coefficient (Wildman–Crippen LogP) is 3.48. The van der Waals surface area contributed by atoms with Crippen LogP contribution in [0.15, 0.2) is 16.6 Å². The highest BCUT2D eigenvalue weighted by Crippen LogP contribution is 2.23. The number of aryl methyl sites for hydroxylation is 2. The van der Waals surface area contributed by atoms with E-state index in [2.05, 4.69) is 28.9 Å². The number of nitrogens with two attached hydrogens (primary N) is 1. The molecule has 0 saturated heterocycles. The molecule has 68 valence electrons. The smallest absolute Gasteiger partial charge is 0.0376 e. The summed E-state index contributed by atoms with van der Waals surface area (Å²) in [6.07, 6.45) is 0.992. The van der Waals surface area contributed by atoms with E-state index in [-0.39, 0.29) is 17.0 Å². The zero-order chi connectivity index (χ0) is 8.43. The highest BCUT2D eigenvalue weighted by atomic mass is 79.9. The molecule has 0 unspecified atom stereocenters. The molecular weight excluding hydrogens is 282 g/mol. The average Bonchev–Trinajstić information content (AvgIpc) is 1.96. The molecule has 0 radical (unpaired) electrons. The van der Waals surface area contributed by atoms with Crippen LogP contribution in [0.2, 0.25) is 0 Å². The second kappa shape index (κ2) is 4.87. The molecule has 0 bridgehead atoms. The van der Waals surface area contributed by atoms with Crippen molar-refractivity contribution in [1.82, 2.24) is 0 Å². The molecule has 0 atom stereocenters. The topological polar surface area (TPSA) is 26.0 Å². The summed E-state index contributed by atoms with van der Waals surface area (Å²) >= 11 is 3.43. The maximum Gasteiger partial charge on any atom is 0.0376 e. The van der Waals surface area contributed by atoms with Crippen LogP contribution in [-0.2, 0) is 6.42 Å². The minimum absolute atomic E-state index is 0. The molecule has 0 spiro atoms. The zero-order valence-electron chi connectivity index (χ0n) is 7.23. The number of anilines is 1. The first kappa shape index (κ1) is 12.0. The van der Waals surface area contributed by atoms with Crippen molar-refractivity contribution >= 4 is 38.6 Å². The first-order valence-electron chi connectivity index (χ1n) is 3.69. The Balaban J connectivity index is 0.00000121. The highest BCUT2D eigenvalue weighted by Gasteiger charge is 2.00. The molecule has 0 saturated carbocycles. The monoisotopic (exact) mass is 293 g/mol.